The number of ether oxygens (including phenoxy) is 1. The fourth-order valence-electron chi connectivity index (χ4n) is 2.60. The number of halogens is 1. The molecule has 0 aliphatic carbocycles. The Labute approximate surface area is 105 Å². The van der Waals surface area contributed by atoms with Gasteiger partial charge < -0.3 is 10.1 Å². The van der Waals surface area contributed by atoms with Crippen molar-refractivity contribution >= 4 is 17.4 Å². The first-order valence-electron chi connectivity index (χ1n) is 5.74. The molecule has 2 aliphatic heterocycles. The van der Waals surface area contributed by atoms with Crippen LogP contribution in [0.1, 0.15) is 24.8 Å². The average molecular weight is 250 g/mol. The number of aromatic nitrogens is 1. The molecule has 2 fully saturated rings. The van der Waals surface area contributed by atoms with Crippen molar-refractivity contribution in [2.24, 2.45) is 0 Å². The molecule has 0 amide bonds. The highest BCUT2D eigenvalue weighted by Crippen LogP contribution is 2.36. The van der Waals surface area contributed by atoms with E-state index in [-0.39, 0.29) is 12.1 Å². The van der Waals surface area contributed by atoms with Gasteiger partial charge in [0, 0.05) is 6.20 Å². The van der Waals surface area contributed by atoms with Crippen molar-refractivity contribution in [2.45, 2.75) is 37.5 Å². The zero-order chi connectivity index (χ0) is 11.8. The van der Waals surface area contributed by atoms with Crippen molar-refractivity contribution in [1.29, 1.82) is 5.26 Å². The second kappa shape index (κ2) is 4.17. The molecule has 17 heavy (non-hydrogen) atoms. The summed E-state index contributed by atoms with van der Waals surface area (Å²) in [5.74, 6) is 0.590. The van der Waals surface area contributed by atoms with Gasteiger partial charge in [-0.05, 0) is 25.3 Å². The molecule has 3 heterocycles. The van der Waals surface area contributed by atoms with Gasteiger partial charge in [-0.2, -0.15) is 5.26 Å². The summed E-state index contributed by atoms with van der Waals surface area (Å²) in [6.07, 6.45) is 5.50. The first-order valence-corrected chi connectivity index (χ1v) is 6.12. The van der Waals surface area contributed by atoms with E-state index in [2.05, 4.69) is 16.4 Å². The molecule has 1 N–H and O–H groups in total. The third kappa shape index (κ3) is 1.86. The maximum atomic E-state index is 8.89. The predicted molar refractivity (Wildman–Crippen MR) is 63.9 cm³/mol. The number of rotatable bonds is 2. The Morgan fingerprint density at radius 3 is 3.06 bits per heavy atom. The van der Waals surface area contributed by atoms with Crippen LogP contribution in [0.4, 0.5) is 5.82 Å². The Morgan fingerprint density at radius 2 is 2.41 bits per heavy atom. The van der Waals surface area contributed by atoms with Gasteiger partial charge in [-0.1, -0.05) is 11.6 Å². The number of anilines is 1. The summed E-state index contributed by atoms with van der Waals surface area (Å²) in [7, 11) is 0. The van der Waals surface area contributed by atoms with E-state index in [1.165, 1.54) is 0 Å². The third-order valence-electron chi connectivity index (χ3n) is 3.44. The fraction of sp³-hybridized carbons (Fsp3) is 0.500. The molecule has 1 aromatic heterocycles. The molecule has 3 rings (SSSR count). The molecule has 5 heteroatoms. The summed E-state index contributed by atoms with van der Waals surface area (Å²) < 4.78 is 5.76. The second-order valence-electron chi connectivity index (χ2n) is 4.49. The van der Waals surface area contributed by atoms with Crippen molar-refractivity contribution in [2.75, 3.05) is 5.32 Å². The highest BCUT2D eigenvalue weighted by Gasteiger charge is 2.41. The molecule has 0 spiro atoms. The minimum absolute atomic E-state index is 0.267. The molecule has 0 aromatic carbocycles. The van der Waals surface area contributed by atoms with Crippen LogP contribution in [0.15, 0.2) is 12.3 Å². The van der Waals surface area contributed by atoms with E-state index in [4.69, 9.17) is 21.6 Å². The standard InChI is InChI=1S/C12H12ClN3O/c13-11-7(6-14)3-4-15-12(11)16-9-5-8-1-2-10(9)17-8/h3-4,8-10H,1-2,5H2,(H,15,16). The number of fused-ring (bicyclic) bond motifs is 2. The number of pyridine rings is 1. The molecule has 1 aromatic rings. The van der Waals surface area contributed by atoms with Crippen molar-refractivity contribution < 1.29 is 4.74 Å². The molecule has 3 atom stereocenters. The van der Waals surface area contributed by atoms with Crippen molar-refractivity contribution in [3.05, 3.63) is 22.8 Å². The summed E-state index contributed by atoms with van der Waals surface area (Å²) >= 11 is 6.10. The SMILES string of the molecule is N#Cc1ccnc(NC2CC3CCC2O3)c1Cl. The van der Waals surface area contributed by atoms with Crippen molar-refractivity contribution in [3.8, 4) is 6.07 Å². The van der Waals surface area contributed by atoms with Gasteiger partial charge in [0.25, 0.3) is 0 Å². The highest BCUT2D eigenvalue weighted by molar-refractivity contribution is 6.34. The van der Waals surface area contributed by atoms with Crippen LogP contribution < -0.4 is 5.32 Å². The van der Waals surface area contributed by atoms with Crippen LogP contribution in [0.2, 0.25) is 5.02 Å². The second-order valence-corrected chi connectivity index (χ2v) is 4.87. The molecule has 2 saturated heterocycles. The third-order valence-corrected chi connectivity index (χ3v) is 3.82. The molecule has 3 unspecified atom stereocenters. The van der Waals surface area contributed by atoms with E-state index in [1.807, 2.05) is 0 Å². The first-order chi connectivity index (χ1) is 8.28. The molecule has 88 valence electrons. The van der Waals surface area contributed by atoms with Crippen molar-refractivity contribution in [1.82, 2.24) is 4.98 Å². The Kier molecular flexibility index (Phi) is 2.65. The average Bonchev–Trinajstić information content (AvgIpc) is 2.94. The Balaban J connectivity index is 1.80. The van der Waals surface area contributed by atoms with E-state index in [9.17, 15) is 0 Å². The molecule has 0 saturated carbocycles. The van der Waals surface area contributed by atoms with Crippen LogP contribution in [0, 0.1) is 11.3 Å². The molecule has 2 aliphatic rings. The van der Waals surface area contributed by atoms with Crippen LogP contribution in [-0.2, 0) is 4.74 Å². The topological polar surface area (TPSA) is 57.9 Å². The lowest BCUT2D eigenvalue weighted by molar-refractivity contribution is 0.102. The van der Waals surface area contributed by atoms with Gasteiger partial charge in [0.05, 0.1) is 23.8 Å². The van der Waals surface area contributed by atoms with Gasteiger partial charge in [-0.25, -0.2) is 4.98 Å². The fourth-order valence-corrected chi connectivity index (χ4v) is 2.80. The summed E-state index contributed by atoms with van der Waals surface area (Å²) in [5, 5.41) is 12.6. The van der Waals surface area contributed by atoms with Gasteiger partial charge in [0.15, 0.2) is 0 Å². The number of nitrogens with one attached hydrogen (secondary N) is 1. The number of nitriles is 1. The molecular formula is C12H12ClN3O. The van der Waals surface area contributed by atoms with E-state index in [0.717, 1.165) is 19.3 Å². The van der Waals surface area contributed by atoms with E-state index in [0.29, 0.717) is 22.5 Å². The van der Waals surface area contributed by atoms with Gasteiger partial charge in [-0.3, -0.25) is 0 Å². The summed E-state index contributed by atoms with van der Waals surface area (Å²) in [5.41, 5.74) is 0.452. The first kappa shape index (κ1) is 10.8. The Hall–Kier alpha value is -1.31. The zero-order valence-corrected chi connectivity index (χ0v) is 9.94. The highest BCUT2D eigenvalue weighted by atomic mass is 35.5. The summed E-state index contributed by atoms with van der Waals surface area (Å²) in [4.78, 5) is 4.18. The minimum atomic E-state index is 0.267. The molecule has 0 radical (unpaired) electrons. The van der Waals surface area contributed by atoms with Crippen LogP contribution in [0.25, 0.3) is 0 Å². The molecule has 4 nitrogen and oxygen atoms in total. The summed E-state index contributed by atoms with van der Waals surface area (Å²) in [6, 6.07) is 3.94. The van der Waals surface area contributed by atoms with Gasteiger partial charge in [0.1, 0.15) is 16.9 Å². The van der Waals surface area contributed by atoms with Crippen molar-refractivity contribution in [3.63, 3.8) is 0 Å². The molecular weight excluding hydrogens is 238 g/mol. The number of hydrogen-bond donors (Lipinski definition) is 1. The largest absolute Gasteiger partial charge is 0.373 e. The lowest BCUT2D eigenvalue weighted by Gasteiger charge is -2.21. The van der Waals surface area contributed by atoms with E-state index in [1.54, 1.807) is 12.3 Å². The maximum absolute atomic E-state index is 8.89. The Bertz CT molecular complexity index is 485. The normalized spacial score (nSPS) is 30.2. The predicted octanol–water partition coefficient (Wildman–Crippen LogP) is 2.34. The smallest absolute Gasteiger partial charge is 0.146 e. The van der Waals surface area contributed by atoms with E-state index >= 15 is 0 Å². The zero-order valence-electron chi connectivity index (χ0n) is 9.19. The summed E-state index contributed by atoms with van der Waals surface area (Å²) in [6.45, 7) is 0. The lowest BCUT2D eigenvalue weighted by atomic mass is 9.95. The maximum Gasteiger partial charge on any atom is 0.146 e. The number of nitrogens with zero attached hydrogens (tertiary/aromatic N) is 2. The Morgan fingerprint density at radius 1 is 1.53 bits per heavy atom. The number of hydrogen-bond acceptors (Lipinski definition) is 4. The molecule has 2 bridgehead atoms. The van der Waals surface area contributed by atoms with Gasteiger partial charge in [-0.15, -0.1) is 0 Å². The van der Waals surface area contributed by atoms with Crippen LogP contribution >= 0.6 is 11.6 Å². The van der Waals surface area contributed by atoms with Gasteiger partial charge >= 0.3 is 0 Å². The van der Waals surface area contributed by atoms with Crippen LogP contribution in [-0.4, -0.2) is 23.2 Å². The van der Waals surface area contributed by atoms with Crippen LogP contribution in [0.3, 0.4) is 0 Å². The monoisotopic (exact) mass is 249 g/mol. The minimum Gasteiger partial charge on any atom is -0.373 e. The quantitative estimate of drug-likeness (QED) is 0.874. The lowest BCUT2D eigenvalue weighted by Crippen LogP contribution is -2.30. The van der Waals surface area contributed by atoms with Crippen LogP contribution in [0.5, 0.6) is 0 Å². The van der Waals surface area contributed by atoms with Gasteiger partial charge in [0.2, 0.25) is 0 Å². The van der Waals surface area contributed by atoms with E-state index < -0.39 is 0 Å².